The summed E-state index contributed by atoms with van der Waals surface area (Å²) in [5.74, 6) is -0.727. The van der Waals surface area contributed by atoms with Crippen molar-refractivity contribution in [2.45, 2.75) is 11.8 Å². The Morgan fingerprint density at radius 1 is 1.00 bits per heavy atom. The van der Waals surface area contributed by atoms with Crippen LogP contribution in [0.15, 0.2) is 53.4 Å². The summed E-state index contributed by atoms with van der Waals surface area (Å²) in [7, 11) is -2.79. The Morgan fingerprint density at radius 3 is 2.24 bits per heavy atom. The molecule has 21 heavy (non-hydrogen) atoms. The van der Waals surface area contributed by atoms with E-state index in [9.17, 15) is 13.2 Å². The van der Waals surface area contributed by atoms with Gasteiger partial charge in [0.2, 0.25) is 0 Å². The lowest BCUT2D eigenvalue weighted by atomic mass is 10.2. The molecule has 2 rings (SSSR count). The van der Waals surface area contributed by atoms with E-state index in [4.69, 9.17) is 4.18 Å². The molecule has 0 amide bonds. The molecule has 0 aliphatic heterocycles. The molecule has 0 aliphatic carbocycles. The molecule has 0 radical (unpaired) electrons. The molecule has 0 saturated carbocycles. The Hall–Kier alpha value is -2.34. The molecule has 0 aromatic heterocycles. The second kappa shape index (κ2) is 5.97. The monoisotopic (exact) mass is 306 g/mol. The third-order valence-corrected chi connectivity index (χ3v) is 4.05. The number of aryl methyl sites for hydroxylation is 1. The summed E-state index contributed by atoms with van der Waals surface area (Å²) >= 11 is 0. The van der Waals surface area contributed by atoms with E-state index in [1.807, 2.05) is 6.92 Å². The van der Waals surface area contributed by atoms with E-state index >= 15 is 0 Å². The molecule has 0 N–H and O–H groups in total. The maximum absolute atomic E-state index is 12.2. The number of esters is 1. The number of para-hydroxylation sites is 1. The van der Waals surface area contributed by atoms with Gasteiger partial charge in [-0.2, -0.15) is 8.42 Å². The average molecular weight is 306 g/mol. The number of carbonyl (C=O) groups excluding carboxylic acids is 1. The fourth-order valence-corrected chi connectivity index (χ4v) is 2.64. The normalized spacial score (nSPS) is 11.0. The van der Waals surface area contributed by atoms with E-state index in [1.54, 1.807) is 24.3 Å². The van der Waals surface area contributed by atoms with Crippen LogP contribution < -0.4 is 4.18 Å². The first-order valence-electron chi connectivity index (χ1n) is 6.12. The van der Waals surface area contributed by atoms with Crippen LogP contribution in [0.4, 0.5) is 0 Å². The largest absolute Gasteiger partial charge is 0.465 e. The molecule has 6 heteroatoms. The van der Waals surface area contributed by atoms with Crippen LogP contribution in [0.1, 0.15) is 15.9 Å². The van der Waals surface area contributed by atoms with Gasteiger partial charge in [0, 0.05) is 0 Å². The third kappa shape index (κ3) is 3.41. The van der Waals surface area contributed by atoms with Crippen LogP contribution in [0.3, 0.4) is 0 Å². The SMILES string of the molecule is COC(=O)c1ccccc1OS(=O)(=O)c1ccc(C)cc1. The fraction of sp³-hybridized carbons (Fsp3) is 0.133. The van der Waals surface area contributed by atoms with Crippen molar-refractivity contribution in [1.82, 2.24) is 0 Å². The molecule has 0 saturated heterocycles. The highest BCUT2D eigenvalue weighted by Gasteiger charge is 2.20. The summed E-state index contributed by atoms with van der Waals surface area (Å²) in [6.07, 6.45) is 0. The summed E-state index contributed by atoms with van der Waals surface area (Å²) in [4.78, 5) is 11.6. The molecule has 0 heterocycles. The molecular formula is C15H14O5S. The number of hydrogen-bond donors (Lipinski definition) is 0. The predicted octanol–water partition coefficient (Wildman–Crippen LogP) is 2.55. The highest BCUT2D eigenvalue weighted by molar-refractivity contribution is 7.87. The van der Waals surface area contributed by atoms with Crippen LogP contribution in [-0.2, 0) is 14.9 Å². The van der Waals surface area contributed by atoms with Crippen LogP contribution in [0.2, 0.25) is 0 Å². The first-order valence-corrected chi connectivity index (χ1v) is 7.53. The minimum atomic E-state index is -4.00. The fourth-order valence-electron chi connectivity index (χ4n) is 1.69. The molecule has 0 spiro atoms. The molecule has 5 nitrogen and oxygen atoms in total. The zero-order valence-electron chi connectivity index (χ0n) is 11.6. The van der Waals surface area contributed by atoms with Crippen LogP contribution in [0.25, 0.3) is 0 Å². The van der Waals surface area contributed by atoms with Gasteiger partial charge in [-0.05, 0) is 31.2 Å². The predicted molar refractivity (Wildman–Crippen MR) is 76.8 cm³/mol. The van der Waals surface area contributed by atoms with Crippen LogP contribution >= 0.6 is 0 Å². The van der Waals surface area contributed by atoms with E-state index in [0.717, 1.165) is 5.56 Å². The highest BCUT2D eigenvalue weighted by Crippen LogP contribution is 2.23. The van der Waals surface area contributed by atoms with Crippen molar-refractivity contribution in [2.75, 3.05) is 7.11 Å². The molecule has 110 valence electrons. The molecule has 0 unspecified atom stereocenters. The summed E-state index contributed by atoms with van der Waals surface area (Å²) in [6, 6.07) is 12.2. The van der Waals surface area contributed by atoms with Crippen molar-refractivity contribution in [3.63, 3.8) is 0 Å². The van der Waals surface area contributed by atoms with Gasteiger partial charge < -0.3 is 8.92 Å². The molecule has 0 bridgehead atoms. The number of rotatable bonds is 4. The van der Waals surface area contributed by atoms with Gasteiger partial charge in [0.15, 0.2) is 5.75 Å². The number of methoxy groups -OCH3 is 1. The Morgan fingerprint density at radius 2 is 1.62 bits per heavy atom. The molecule has 0 aliphatic rings. The van der Waals surface area contributed by atoms with E-state index < -0.39 is 16.1 Å². The molecule has 0 atom stereocenters. The van der Waals surface area contributed by atoms with Crippen LogP contribution in [-0.4, -0.2) is 21.5 Å². The van der Waals surface area contributed by atoms with Gasteiger partial charge in [-0.3, -0.25) is 0 Å². The summed E-state index contributed by atoms with van der Waals surface area (Å²) in [5, 5.41) is 0. The van der Waals surface area contributed by atoms with Gasteiger partial charge in [-0.15, -0.1) is 0 Å². The van der Waals surface area contributed by atoms with Crippen molar-refractivity contribution in [3.05, 3.63) is 59.7 Å². The lowest BCUT2D eigenvalue weighted by molar-refractivity contribution is 0.0599. The van der Waals surface area contributed by atoms with Gasteiger partial charge >= 0.3 is 16.1 Å². The Balaban J connectivity index is 2.37. The molecular weight excluding hydrogens is 292 g/mol. The van der Waals surface area contributed by atoms with Crippen LogP contribution in [0, 0.1) is 6.92 Å². The van der Waals surface area contributed by atoms with E-state index in [-0.39, 0.29) is 16.2 Å². The quantitative estimate of drug-likeness (QED) is 0.641. The maximum Gasteiger partial charge on any atom is 0.341 e. The number of hydrogen-bond acceptors (Lipinski definition) is 5. The van der Waals surface area contributed by atoms with E-state index in [0.29, 0.717) is 0 Å². The molecule has 2 aromatic carbocycles. The molecule has 2 aromatic rings. The third-order valence-electron chi connectivity index (χ3n) is 2.80. The average Bonchev–Trinajstić information content (AvgIpc) is 2.47. The van der Waals surface area contributed by atoms with Gasteiger partial charge in [-0.25, -0.2) is 4.79 Å². The minimum Gasteiger partial charge on any atom is -0.465 e. The van der Waals surface area contributed by atoms with E-state index in [2.05, 4.69) is 4.74 Å². The second-order valence-corrected chi connectivity index (χ2v) is 5.88. The summed E-state index contributed by atoms with van der Waals surface area (Å²) in [5.41, 5.74) is 0.986. The number of benzene rings is 2. The molecule has 0 fully saturated rings. The van der Waals surface area contributed by atoms with Crippen molar-refractivity contribution in [3.8, 4) is 5.75 Å². The standard InChI is InChI=1S/C15H14O5S/c1-11-7-9-12(10-8-11)21(17,18)20-14-6-4-3-5-13(14)15(16)19-2/h3-10H,1-2H3. The van der Waals surface area contributed by atoms with Crippen molar-refractivity contribution < 1.29 is 22.1 Å². The lowest BCUT2D eigenvalue weighted by Crippen LogP contribution is -2.13. The minimum absolute atomic E-state index is 0.0211. The highest BCUT2D eigenvalue weighted by atomic mass is 32.2. The zero-order chi connectivity index (χ0) is 15.5. The zero-order valence-corrected chi connectivity index (χ0v) is 12.4. The number of ether oxygens (including phenoxy) is 1. The lowest BCUT2D eigenvalue weighted by Gasteiger charge is -2.10. The Bertz CT molecular complexity index is 748. The van der Waals surface area contributed by atoms with Gasteiger partial charge in [0.1, 0.15) is 10.5 Å². The van der Waals surface area contributed by atoms with Gasteiger partial charge in [0.05, 0.1) is 7.11 Å². The Labute approximate surface area is 123 Å². The maximum atomic E-state index is 12.2. The summed E-state index contributed by atoms with van der Waals surface area (Å²) < 4.78 is 34.1. The van der Waals surface area contributed by atoms with Crippen molar-refractivity contribution in [1.29, 1.82) is 0 Å². The number of carbonyl (C=O) groups is 1. The Kier molecular flexibility index (Phi) is 4.28. The summed E-state index contributed by atoms with van der Waals surface area (Å²) in [6.45, 7) is 1.85. The van der Waals surface area contributed by atoms with Crippen molar-refractivity contribution >= 4 is 16.1 Å². The van der Waals surface area contributed by atoms with Crippen LogP contribution in [0.5, 0.6) is 5.75 Å². The first-order chi connectivity index (χ1) is 9.94. The van der Waals surface area contributed by atoms with E-state index in [1.165, 1.54) is 31.4 Å². The van der Waals surface area contributed by atoms with Gasteiger partial charge in [-0.1, -0.05) is 29.8 Å². The first kappa shape index (κ1) is 15.1. The smallest absolute Gasteiger partial charge is 0.341 e. The van der Waals surface area contributed by atoms with Crippen molar-refractivity contribution in [2.24, 2.45) is 0 Å². The van der Waals surface area contributed by atoms with Gasteiger partial charge in [0.25, 0.3) is 0 Å². The second-order valence-electron chi connectivity index (χ2n) is 4.34. The topological polar surface area (TPSA) is 69.7 Å².